The second-order valence-corrected chi connectivity index (χ2v) is 4.12. The quantitative estimate of drug-likeness (QED) is 0.789. The van der Waals surface area contributed by atoms with E-state index in [2.05, 4.69) is 16.4 Å². The van der Waals surface area contributed by atoms with E-state index in [-0.39, 0.29) is 0 Å². The van der Waals surface area contributed by atoms with Crippen LogP contribution in [0, 0.1) is 6.92 Å². The highest BCUT2D eigenvalue weighted by molar-refractivity contribution is 5.66. The van der Waals surface area contributed by atoms with Crippen molar-refractivity contribution in [2.24, 2.45) is 0 Å². The Balaban J connectivity index is 1.90. The maximum Gasteiger partial charge on any atom is 0.0574 e. The van der Waals surface area contributed by atoms with E-state index in [1.807, 2.05) is 43.6 Å². The number of nitrogens with one attached hydrogen (secondary N) is 1. The number of nitrogens with two attached hydrogens (primary N) is 1. The largest absolute Gasteiger partial charge is 0.397 e. The fourth-order valence-corrected chi connectivity index (χ4v) is 1.73. The Morgan fingerprint density at radius 1 is 1.18 bits per heavy atom. The molecule has 3 nitrogen and oxygen atoms in total. The van der Waals surface area contributed by atoms with Crippen LogP contribution in [0.15, 0.2) is 42.7 Å². The molecule has 0 saturated heterocycles. The molecule has 3 N–H and O–H groups in total. The molecule has 0 radical (unpaired) electrons. The fourth-order valence-electron chi connectivity index (χ4n) is 1.73. The van der Waals surface area contributed by atoms with Gasteiger partial charge in [0.1, 0.15) is 0 Å². The first kappa shape index (κ1) is 11.5. The summed E-state index contributed by atoms with van der Waals surface area (Å²) in [5, 5.41) is 3.34. The molecule has 0 fully saturated rings. The molecule has 17 heavy (non-hydrogen) atoms. The van der Waals surface area contributed by atoms with Gasteiger partial charge in [-0.15, -0.1) is 0 Å². The zero-order valence-corrected chi connectivity index (χ0v) is 9.98. The molecule has 0 aliphatic rings. The van der Waals surface area contributed by atoms with Crippen molar-refractivity contribution in [1.29, 1.82) is 0 Å². The molecule has 0 aliphatic heterocycles. The van der Waals surface area contributed by atoms with E-state index < -0.39 is 0 Å². The summed E-state index contributed by atoms with van der Waals surface area (Å²) < 4.78 is 0. The van der Waals surface area contributed by atoms with Crippen molar-refractivity contribution in [3.05, 3.63) is 53.9 Å². The summed E-state index contributed by atoms with van der Waals surface area (Å²) in [6.07, 6.45) is 4.60. The van der Waals surface area contributed by atoms with E-state index >= 15 is 0 Å². The lowest BCUT2D eigenvalue weighted by Gasteiger charge is -2.09. The molecule has 0 amide bonds. The Morgan fingerprint density at radius 2 is 1.94 bits per heavy atom. The highest BCUT2D eigenvalue weighted by Crippen LogP contribution is 2.19. The average molecular weight is 227 g/mol. The topological polar surface area (TPSA) is 50.9 Å². The van der Waals surface area contributed by atoms with Crippen LogP contribution in [0.4, 0.5) is 11.4 Å². The number of hydrogen-bond donors (Lipinski definition) is 2. The van der Waals surface area contributed by atoms with Gasteiger partial charge in [-0.25, -0.2) is 0 Å². The first-order valence-electron chi connectivity index (χ1n) is 5.74. The monoisotopic (exact) mass is 227 g/mol. The van der Waals surface area contributed by atoms with Crippen LogP contribution in [0.5, 0.6) is 0 Å². The van der Waals surface area contributed by atoms with Gasteiger partial charge in [0.05, 0.1) is 11.4 Å². The third kappa shape index (κ3) is 3.21. The molecule has 2 aromatic rings. The first-order chi connectivity index (χ1) is 8.25. The van der Waals surface area contributed by atoms with Crippen molar-refractivity contribution >= 4 is 11.4 Å². The van der Waals surface area contributed by atoms with Crippen molar-refractivity contribution in [2.45, 2.75) is 13.3 Å². The molecule has 0 unspecified atom stereocenters. The number of nitrogens with zero attached hydrogens (tertiary/aromatic N) is 1. The number of benzene rings is 1. The zero-order chi connectivity index (χ0) is 12.1. The van der Waals surface area contributed by atoms with Crippen LogP contribution >= 0.6 is 0 Å². The van der Waals surface area contributed by atoms with Gasteiger partial charge in [-0.05, 0) is 48.7 Å². The fraction of sp³-hybridized carbons (Fsp3) is 0.214. The third-order valence-corrected chi connectivity index (χ3v) is 2.69. The maximum atomic E-state index is 5.93. The summed E-state index contributed by atoms with van der Waals surface area (Å²) in [7, 11) is 0. The van der Waals surface area contributed by atoms with Crippen molar-refractivity contribution in [2.75, 3.05) is 17.6 Å². The Hall–Kier alpha value is -2.03. The van der Waals surface area contributed by atoms with Crippen molar-refractivity contribution in [3.8, 4) is 0 Å². The van der Waals surface area contributed by atoms with E-state index in [9.17, 15) is 0 Å². The van der Waals surface area contributed by atoms with Crippen LogP contribution in [0.2, 0.25) is 0 Å². The molecule has 0 atom stereocenters. The van der Waals surface area contributed by atoms with Crippen LogP contribution in [-0.4, -0.2) is 11.5 Å². The Kier molecular flexibility index (Phi) is 3.60. The number of rotatable bonds is 4. The van der Waals surface area contributed by atoms with Crippen molar-refractivity contribution < 1.29 is 0 Å². The molecule has 3 heteroatoms. The van der Waals surface area contributed by atoms with Gasteiger partial charge < -0.3 is 11.1 Å². The van der Waals surface area contributed by atoms with Crippen LogP contribution < -0.4 is 11.1 Å². The number of pyridine rings is 1. The summed E-state index contributed by atoms with van der Waals surface area (Å²) in [5.74, 6) is 0. The summed E-state index contributed by atoms with van der Waals surface area (Å²) in [6, 6.07) is 10.1. The van der Waals surface area contributed by atoms with Gasteiger partial charge in [0.2, 0.25) is 0 Å². The SMILES string of the molecule is Cc1ccc(NCCc2ccncc2)c(N)c1. The summed E-state index contributed by atoms with van der Waals surface area (Å²) >= 11 is 0. The molecule has 1 aromatic heterocycles. The van der Waals surface area contributed by atoms with Crippen LogP contribution in [-0.2, 0) is 6.42 Å². The molecule has 1 aromatic carbocycles. The minimum absolute atomic E-state index is 0.805. The second-order valence-electron chi connectivity index (χ2n) is 4.12. The van der Waals surface area contributed by atoms with Crippen molar-refractivity contribution in [1.82, 2.24) is 4.98 Å². The van der Waals surface area contributed by atoms with Gasteiger partial charge in [0.15, 0.2) is 0 Å². The lowest BCUT2D eigenvalue weighted by atomic mass is 10.1. The lowest BCUT2D eigenvalue weighted by Crippen LogP contribution is -2.06. The molecule has 0 saturated carbocycles. The predicted molar refractivity (Wildman–Crippen MR) is 72.0 cm³/mol. The predicted octanol–water partition coefficient (Wildman–Crippen LogP) is 2.63. The number of hydrogen-bond acceptors (Lipinski definition) is 3. The van der Waals surface area contributed by atoms with E-state index in [0.29, 0.717) is 0 Å². The van der Waals surface area contributed by atoms with E-state index in [1.54, 1.807) is 0 Å². The van der Waals surface area contributed by atoms with E-state index in [4.69, 9.17) is 5.73 Å². The van der Waals surface area contributed by atoms with Gasteiger partial charge in [0, 0.05) is 18.9 Å². The summed E-state index contributed by atoms with van der Waals surface area (Å²) in [4.78, 5) is 4.00. The number of aryl methyl sites for hydroxylation is 1. The first-order valence-corrected chi connectivity index (χ1v) is 5.74. The summed E-state index contributed by atoms with van der Waals surface area (Å²) in [5.41, 5.74) is 10.2. The van der Waals surface area contributed by atoms with Crippen LogP contribution in [0.25, 0.3) is 0 Å². The highest BCUT2D eigenvalue weighted by Gasteiger charge is 1.98. The van der Waals surface area contributed by atoms with Gasteiger partial charge in [-0.1, -0.05) is 6.07 Å². The number of aromatic nitrogens is 1. The van der Waals surface area contributed by atoms with Gasteiger partial charge in [0.25, 0.3) is 0 Å². The molecule has 0 spiro atoms. The molecule has 2 rings (SSSR count). The van der Waals surface area contributed by atoms with E-state index in [0.717, 1.165) is 24.3 Å². The normalized spacial score (nSPS) is 10.2. The van der Waals surface area contributed by atoms with Crippen molar-refractivity contribution in [3.63, 3.8) is 0 Å². The lowest BCUT2D eigenvalue weighted by molar-refractivity contribution is 1.01. The number of anilines is 2. The molecule has 0 aliphatic carbocycles. The smallest absolute Gasteiger partial charge is 0.0574 e. The number of nitrogen functional groups attached to an aromatic ring is 1. The average Bonchev–Trinajstić information content (AvgIpc) is 2.33. The minimum Gasteiger partial charge on any atom is -0.397 e. The molecule has 88 valence electrons. The summed E-state index contributed by atoms with van der Waals surface area (Å²) in [6.45, 7) is 2.91. The Labute approximate surface area is 102 Å². The van der Waals surface area contributed by atoms with Gasteiger partial charge >= 0.3 is 0 Å². The maximum absolute atomic E-state index is 5.93. The molecular weight excluding hydrogens is 210 g/mol. The minimum atomic E-state index is 0.805. The molecular formula is C14H17N3. The Bertz CT molecular complexity index is 480. The standard InChI is InChI=1S/C14H17N3/c1-11-2-3-14(13(15)10-11)17-9-6-12-4-7-16-8-5-12/h2-5,7-8,10,17H,6,9,15H2,1H3. The highest BCUT2D eigenvalue weighted by atomic mass is 14.9. The third-order valence-electron chi connectivity index (χ3n) is 2.69. The molecule has 0 bridgehead atoms. The Morgan fingerprint density at radius 3 is 2.65 bits per heavy atom. The van der Waals surface area contributed by atoms with Crippen LogP contribution in [0.1, 0.15) is 11.1 Å². The molecule has 1 heterocycles. The zero-order valence-electron chi connectivity index (χ0n) is 9.98. The van der Waals surface area contributed by atoms with Gasteiger partial charge in [-0.2, -0.15) is 0 Å². The second kappa shape index (κ2) is 5.34. The van der Waals surface area contributed by atoms with Crippen LogP contribution in [0.3, 0.4) is 0 Å². The van der Waals surface area contributed by atoms with E-state index in [1.165, 1.54) is 11.1 Å². The van der Waals surface area contributed by atoms with Gasteiger partial charge in [-0.3, -0.25) is 4.98 Å².